The molecular weight excluding hydrogens is 453 g/mol. The Labute approximate surface area is 201 Å². The van der Waals surface area contributed by atoms with Crippen molar-refractivity contribution in [2.45, 2.75) is 63.3 Å². The molecule has 10 heteroatoms. The van der Waals surface area contributed by atoms with Gasteiger partial charge in [-0.3, -0.25) is 14.3 Å². The van der Waals surface area contributed by atoms with Gasteiger partial charge in [-0.1, -0.05) is 6.92 Å². The standard InChI is InChI=1S/C25H28FN5O4/c1-14(2)35-22-17(21(32)27-18-5-4-6-30(23(18)33)19-7-15(19)3)8-16-9-31(29-20(16)28-22)24-10-25(11-24,12-26)34-13-24/h4-6,8-9,14-15,19H,7,10-13H2,1-3H3,(H,27,32)/t15-,19+,24?,25?/m0/s1. The van der Waals surface area contributed by atoms with Crippen molar-refractivity contribution in [3.05, 3.63) is 46.5 Å². The highest BCUT2D eigenvalue weighted by Crippen LogP contribution is 2.56. The van der Waals surface area contributed by atoms with Crippen molar-refractivity contribution in [2.75, 3.05) is 18.6 Å². The molecule has 2 saturated heterocycles. The number of hydrogen-bond donors (Lipinski definition) is 1. The van der Waals surface area contributed by atoms with Crippen molar-refractivity contribution in [1.29, 1.82) is 0 Å². The Hall–Kier alpha value is -3.27. The Balaban J connectivity index is 1.34. The smallest absolute Gasteiger partial charge is 0.274 e. The molecule has 184 valence electrons. The molecule has 0 radical (unpaired) electrons. The summed E-state index contributed by atoms with van der Waals surface area (Å²) >= 11 is 0. The van der Waals surface area contributed by atoms with Crippen LogP contribution >= 0.6 is 0 Å². The lowest BCUT2D eigenvalue weighted by Gasteiger charge is -2.42. The number of halogens is 1. The molecule has 3 aromatic rings. The number of nitrogens with one attached hydrogen (secondary N) is 1. The van der Waals surface area contributed by atoms with E-state index in [2.05, 4.69) is 22.3 Å². The summed E-state index contributed by atoms with van der Waals surface area (Å²) in [5.41, 5.74) is -0.451. The second kappa shape index (κ2) is 7.61. The molecule has 2 aliphatic heterocycles. The molecule has 2 aliphatic carbocycles. The van der Waals surface area contributed by atoms with E-state index < -0.39 is 18.2 Å². The minimum atomic E-state index is -0.691. The number of aromatic nitrogens is 4. The number of carbonyl (C=O) groups excluding carboxylic acids is 1. The average Bonchev–Trinajstić information content (AvgIpc) is 3.16. The Kier molecular flexibility index (Phi) is 4.83. The van der Waals surface area contributed by atoms with Gasteiger partial charge in [0.15, 0.2) is 5.65 Å². The topological polar surface area (TPSA) is 100 Å². The number of anilines is 1. The SMILES string of the molecule is CC(C)Oc1nc2nn(C34COC(CF)(C3)C4)cc2cc1C(=O)Nc1cccn([C@@H]2C[C@@H]2C)c1=O. The van der Waals surface area contributed by atoms with E-state index in [1.807, 2.05) is 20.0 Å². The van der Waals surface area contributed by atoms with E-state index in [1.54, 1.807) is 33.6 Å². The molecule has 0 aromatic carbocycles. The molecule has 35 heavy (non-hydrogen) atoms. The second-order valence-electron chi connectivity index (χ2n) is 10.5. The van der Waals surface area contributed by atoms with Gasteiger partial charge in [0.2, 0.25) is 5.88 Å². The maximum absolute atomic E-state index is 13.4. The van der Waals surface area contributed by atoms with Crippen LogP contribution in [0.1, 0.15) is 56.4 Å². The van der Waals surface area contributed by atoms with Crippen molar-refractivity contribution in [1.82, 2.24) is 19.3 Å². The number of pyridine rings is 2. The lowest BCUT2D eigenvalue weighted by Crippen LogP contribution is -2.52. The zero-order valence-electron chi connectivity index (χ0n) is 20.0. The molecule has 4 fully saturated rings. The van der Waals surface area contributed by atoms with Gasteiger partial charge < -0.3 is 19.4 Å². The molecule has 2 atom stereocenters. The molecule has 5 heterocycles. The number of alkyl halides is 1. The number of fused-ring (bicyclic) bond motifs is 2. The summed E-state index contributed by atoms with van der Waals surface area (Å²) in [5.74, 6) is 0.112. The molecule has 2 bridgehead atoms. The monoisotopic (exact) mass is 481 g/mol. The summed E-state index contributed by atoms with van der Waals surface area (Å²) < 4.78 is 28.4. The molecule has 4 aliphatic rings. The summed E-state index contributed by atoms with van der Waals surface area (Å²) in [6, 6.07) is 5.21. The van der Waals surface area contributed by atoms with Gasteiger partial charge in [-0.15, -0.1) is 0 Å². The van der Waals surface area contributed by atoms with Crippen LogP contribution in [0.25, 0.3) is 11.0 Å². The maximum atomic E-state index is 13.4. The fraction of sp³-hybridized carbons (Fsp3) is 0.520. The van der Waals surface area contributed by atoms with E-state index in [9.17, 15) is 14.0 Å². The third-order valence-corrected chi connectivity index (χ3v) is 7.38. The van der Waals surface area contributed by atoms with E-state index in [0.717, 1.165) is 6.42 Å². The lowest BCUT2D eigenvalue weighted by atomic mass is 9.69. The summed E-state index contributed by atoms with van der Waals surface area (Å²) in [6.07, 6.45) is 5.43. The van der Waals surface area contributed by atoms with E-state index >= 15 is 0 Å². The number of ether oxygens (including phenoxy) is 2. The van der Waals surface area contributed by atoms with E-state index in [0.29, 0.717) is 36.4 Å². The predicted octanol–water partition coefficient (Wildman–Crippen LogP) is 3.44. The van der Waals surface area contributed by atoms with Crippen LogP contribution in [0.2, 0.25) is 0 Å². The van der Waals surface area contributed by atoms with Gasteiger partial charge in [0, 0.05) is 36.7 Å². The van der Waals surface area contributed by atoms with Crippen molar-refractivity contribution in [3.8, 4) is 5.88 Å². The van der Waals surface area contributed by atoms with Crippen LogP contribution in [0.4, 0.5) is 10.1 Å². The van der Waals surface area contributed by atoms with Gasteiger partial charge >= 0.3 is 0 Å². The molecule has 2 saturated carbocycles. The number of hydrogen-bond acceptors (Lipinski definition) is 6. The molecule has 1 amide bonds. The number of amides is 1. The van der Waals surface area contributed by atoms with Crippen molar-refractivity contribution >= 4 is 22.6 Å². The summed E-state index contributed by atoms with van der Waals surface area (Å²) in [4.78, 5) is 30.8. The summed E-state index contributed by atoms with van der Waals surface area (Å²) in [6.45, 7) is 5.67. The first kappa shape index (κ1) is 22.2. The first-order chi connectivity index (χ1) is 16.7. The molecule has 9 nitrogen and oxygen atoms in total. The van der Waals surface area contributed by atoms with Gasteiger partial charge in [0.05, 0.1) is 18.2 Å². The zero-order chi connectivity index (χ0) is 24.5. The largest absolute Gasteiger partial charge is 0.474 e. The highest BCUT2D eigenvalue weighted by molar-refractivity contribution is 6.07. The lowest BCUT2D eigenvalue weighted by molar-refractivity contribution is -0.0336. The molecular formula is C25H28FN5O4. The van der Waals surface area contributed by atoms with Crippen LogP contribution < -0.4 is 15.6 Å². The van der Waals surface area contributed by atoms with E-state index in [-0.39, 0.29) is 40.4 Å². The maximum Gasteiger partial charge on any atom is 0.274 e. The molecule has 7 rings (SSSR count). The first-order valence-corrected chi connectivity index (χ1v) is 12.0. The highest BCUT2D eigenvalue weighted by atomic mass is 19.1. The van der Waals surface area contributed by atoms with Crippen molar-refractivity contribution in [2.24, 2.45) is 5.92 Å². The van der Waals surface area contributed by atoms with Gasteiger partial charge in [0.25, 0.3) is 11.5 Å². The average molecular weight is 482 g/mol. The van der Waals surface area contributed by atoms with E-state index in [4.69, 9.17) is 9.47 Å². The number of carbonyl (C=O) groups is 1. The number of rotatable bonds is 7. The normalized spacial score (nSPS) is 28.8. The summed E-state index contributed by atoms with van der Waals surface area (Å²) in [5, 5.41) is 8.03. The van der Waals surface area contributed by atoms with Gasteiger partial charge in [-0.05, 0) is 44.4 Å². The Morgan fingerprint density at radius 3 is 2.83 bits per heavy atom. The molecule has 0 spiro atoms. The summed E-state index contributed by atoms with van der Waals surface area (Å²) in [7, 11) is 0. The van der Waals surface area contributed by atoms with Gasteiger partial charge in [0.1, 0.15) is 23.5 Å². The van der Waals surface area contributed by atoms with Crippen LogP contribution in [0.5, 0.6) is 5.88 Å². The van der Waals surface area contributed by atoms with Crippen LogP contribution in [0.15, 0.2) is 35.4 Å². The van der Waals surface area contributed by atoms with Crippen molar-refractivity contribution in [3.63, 3.8) is 0 Å². The van der Waals surface area contributed by atoms with Crippen LogP contribution in [0.3, 0.4) is 0 Å². The number of nitrogens with zero attached hydrogens (tertiary/aromatic N) is 4. The second-order valence-corrected chi connectivity index (χ2v) is 10.5. The van der Waals surface area contributed by atoms with Crippen LogP contribution in [0, 0.1) is 5.92 Å². The third kappa shape index (κ3) is 3.53. The molecule has 1 N–H and O–H groups in total. The van der Waals surface area contributed by atoms with Gasteiger partial charge in [-0.2, -0.15) is 10.1 Å². The third-order valence-electron chi connectivity index (χ3n) is 7.38. The van der Waals surface area contributed by atoms with Crippen LogP contribution in [-0.2, 0) is 10.3 Å². The van der Waals surface area contributed by atoms with Crippen molar-refractivity contribution < 1.29 is 18.7 Å². The minimum absolute atomic E-state index is 0.147. The molecule has 3 aromatic heterocycles. The first-order valence-electron chi connectivity index (χ1n) is 12.0. The fourth-order valence-electron chi connectivity index (χ4n) is 5.41. The highest BCUT2D eigenvalue weighted by Gasteiger charge is 2.64. The molecule has 0 unspecified atom stereocenters. The van der Waals surface area contributed by atoms with Crippen LogP contribution in [-0.4, -0.2) is 50.2 Å². The zero-order valence-corrected chi connectivity index (χ0v) is 20.0. The quantitative estimate of drug-likeness (QED) is 0.555. The predicted molar refractivity (Wildman–Crippen MR) is 127 cm³/mol. The fourth-order valence-corrected chi connectivity index (χ4v) is 5.41. The Morgan fingerprint density at radius 2 is 2.17 bits per heavy atom. The minimum Gasteiger partial charge on any atom is -0.474 e. The van der Waals surface area contributed by atoms with E-state index in [1.165, 1.54) is 0 Å². The van der Waals surface area contributed by atoms with Gasteiger partial charge in [-0.25, -0.2) is 4.39 Å². The Bertz CT molecular complexity index is 1390. The Morgan fingerprint density at radius 1 is 1.40 bits per heavy atom.